The Balaban J connectivity index is 1.49. The topological polar surface area (TPSA) is 51.0 Å². The van der Waals surface area contributed by atoms with Crippen molar-refractivity contribution in [3.8, 4) is 0 Å². The van der Waals surface area contributed by atoms with Crippen LogP contribution in [0.2, 0.25) is 0 Å². The van der Waals surface area contributed by atoms with Crippen molar-refractivity contribution in [1.82, 2.24) is 15.5 Å². The molecule has 2 aliphatic carbocycles. The number of nitrogens with one attached hydrogen (secondary N) is 1. The molecule has 1 aromatic rings. The highest BCUT2D eigenvalue weighted by molar-refractivity contribution is 4.99. The van der Waals surface area contributed by atoms with E-state index in [4.69, 9.17) is 4.52 Å². The first-order valence-corrected chi connectivity index (χ1v) is 7.38. The maximum atomic E-state index is 5.32. The first kappa shape index (κ1) is 12.2. The van der Waals surface area contributed by atoms with E-state index >= 15 is 0 Å². The van der Waals surface area contributed by atoms with Crippen LogP contribution >= 0.6 is 0 Å². The number of hydrogen-bond donors (Lipinski definition) is 1. The summed E-state index contributed by atoms with van der Waals surface area (Å²) in [4.78, 5) is 4.54. The van der Waals surface area contributed by atoms with Gasteiger partial charge in [-0.05, 0) is 50.5 Å². The molecule has 0 bridgehead atoms. The van der Waals surface area contributed by atoms with Crippen molar-refractivity contribution in [2.45, 2.75) is 57.9 Å². The first-order chi connectivity index (χ1) is 8.85. The summed E-state index contributed by atoms with van der Waals surface area (Å²) in [5.74, 6) is 3.99. The molecule has 2 aliphatic rings. The summed E-state index contributed by atoms with van der Waals surface area (Å²) in [7, 11) is 0. The quantitative estimate of drug-likeness (QED) is 0.842. The normalized spacial score (nSPS) is 27.8. The van der Waals surface area contributed by atoms with Crippen molar-refractivity contribution in [3.63, 3.8) is 0 Å². The van der Waals surface area contributed by atoms with Gasteiger partial charge in [0.15, 0.2) is 5.82 Å². The predicted molar refractivity (Wildman–Crippen MR) is 69.1 cm³/mol. The van der Waals surface area contributed by atoms with Gasteiger partial charge in [-0.3, -0.25) is 0 Å². The van der Waals surface area contributed by atoms with E-state index < -0.39 is 0 Å². The average Bonchev–Trinajstić information content (AvgIpc) is 2.92. The van der Waals surface area contributed by atoms with Crippen LogP contribution in [-0.2, 0) is 6.54 Å². The zero-order valence-corrected chi connectivity index (χ0v) is 11.2. The van der Waals surface area contributed by atoms with Gasteiger partial charge >= 0.3 is 0 Å². The Bertz CT molecular complexity index is 386. The molecule has 100 valence electrons. The zero-order chi connectivity index (χ0) is 12.4. The second-order valence-corrected chi connectivity index (χ2v) is 5.90. The molecule has 0 aliphatic heterocycles. The van der Waals surface area contributed by atoms with E-state index in [1.807, 2.05) is 0 Å². The minimum absolute atomic E-state index is 0.538. The maximum absolute atomic E-state index is 5.32. The molecule has 0 spiro atoms. The van der Waals surface area contributed by atoms with Gasteiger partial charge in [0.25, 0.3) is 0 Å². The third kappa shape index (κ3) is 2.91. The minimum atomic E-state index is 0.538. The van der Waals surface area contributed by atoms with Gasteiger partial charge in [-0.2, -0.15) is 4.98 Å². The molecule has 2 atom stereocenters. The lowest BCUT2D eigenvalue weighted by Crippen LogP contribution is -2.16. The summed E-state index contributed by atoms with van der Waals surface area (Å²) in [5, 5.41) is 7.55. The lowest BCUT2D eigenvalue weighted by atomic mass is 10.0. The van der Waals surface area contributed by atoms with E-state index in [-0.39, 0.29) is 0 Å². The van der Waals surface area contributed by atoms with Gasteiger partial charge in [0, 0.05) is 5.92 Å². The summed E-state index contributed by atoms with van der Waals surface area (Å²) < 4.78 is 5.32. The number of aromatic nitrogens is 2. The van der Waals surface area contributed by atoms with Crippen LogP contribution in [0.1, 0.15) is 63.1 Å². The highest BCUT2D eigenvalue weighted by Gasteiger charge is 2.28. The van der Waals surface area contributed by atoms with Gasteiger partial charge in [0.05, 0.1) is 6.54 Å². The molecule has 2 unspecified atom stereocenters. The molecule has 1 heterocycles. The SMILES string of the molecule is CCC1CCC(c2noc(CNCC3CC3)n2)C1. The summed E-state index contributed by atoms with van der Waals surface area (Å²) >= 11 is 0. The Morgan fingerprint density at radius 1 is 1.22 bits per heavy atom. The molecule has 0 saturated heterocycles. The highest BCUT2D eigenvalue weighted by atomic mass is 16.5. The Kier molecular flexibility index (Phi) is 3.64. The van der Waals surface area contributed by atoms with E-state index in [1.165, 1.54) is 38.5 Å². The standard InChI is InChI=1S/C14H23N3O/c1-2-10-5-6-12(7-10)14-16-13(18-17-14)9-15-8-11-3-4-11/h10-12,15H,2-9H2,1H3. The van der Waals surface area contributed by atoms with Gasteiger partial charge < -0.3 is 9.84 Å². The van der Waals surface area contributed by atoms with Crippen LogP contribution in [0.5, 0.6) is 0 Å². The predicted octanol–water partition coefficient (Wildman–Crippen LogP) is 2.86. The van der Waals surface area contributed by atoms with Crippen LogP contribution in [0.3, 0.4) is 0 Å². The molecule has 0 radical (unpaired) electrons. The molecule has 0 aromatic carbocycles. The van der Waals surface area contributed by atoms with Crippen molar-refractivity contribution < 1.29 is 4.52 Å². The van der Waals surface area contributed by atoms with Crippen molar-refractivity contribution >= 4 is 0 Å². The van der Waals surface area contributed by atoms with Crippen LogP contribution in [0.4, 0.5) is 0 Å². The van der Waals surface area contributed by atoms with Crippen LogP contribution in [0, 0.1) is 11.8 Å². The van der Waals surface area contributed by atoms with E-state index in [1.54, 1.807) is 0 Å². The van der Waals surface area contributed by atoms with Crippen LogP contribution in [-0.4, -0.2) is 16.7 Å². The molecule has 4 nitrogen and oxygen atoms in total. The van der Waals surface area contributed by atoms with Gasteiger partial charge in [0.2, 0.25) is 5.89 Å². The van der Waals surface area contributed by atoms with Gasteiger partial charge in [0.1, 0.15) is 0 Å². The molecule has 2 fully saturated rings. The molecule has 18 heavy (non-hydrogen) atoms. The van der Waals surface area contributed by atoms with Gasteiger partial charge in [-0.15, -0.1) is 0 Å². The second-order valence-electron chi connectivity index (χ2n) is 5.90. The fourth-order valence-electron chi connectivity index (χ4n) is 2.89. The van der Waals surface area contributed by atoms with Crippen molar-refractivity contribution in [2.24, 2.45) is 11.8 Å². The van der Waals surface area contributed by atoms with E-state index in [2.05, 4.69) is 22.4 Å². The zero-order valence-electron chi connectivity index (χ0n) is 11.2. The molecular formula is C14H23N3O. The molecule has 3 rings (SSSR count). The number of nitrogens with zero attached hydrogens (tertiary/aromatic N) is 2. The Hall–Kier alpha value is -0.900. The summed E-state index contributed by atoms with van der Waals surface area (Å²) in [6, 6.07) is 0. The lowest BCUT2D eigenvalue weighted by molar-refractivity contribution is 0.358. The maximum Gasteiger partial charge on any atom is 0.240 e. The van der Waals surface area contributed by atoms with E-state index in [0.29, 0.717) is 5.92 Å². The summed E-state index contributed by atoms with van der Waals surface area (Å²) in [6.45, 7) is 4.10. The van der Waals surface area contributed by atoms with Crippen molar-refractivity contribution in [3.05, 3.63) is 11.7 Å². The van der Waals surface area contributed by atoms with Crippen molar-refractivity contribution in [2.75, 3.05) is 6.54 Å². The molecule has 4 heteroatoms. The monoisotopic (exact) mass is 249 g/mol. The number of hydrogen-bond acceptors (Lipinski definition) is 4. The van der Waals surface area contributed by atoms with Crippen LogP contribution in [0.15, 0.2) is 4.52 Å². The molecular weight excluding hydrogens is 226 g/mol. The van der Waals surface area contributed by atoms with Crippen molar-refractivity contribution in [1.29, 1.82) is 0 Å². The summed E-state index contributed by atoms with van der Waals surface area (Å²) in [5.41, 5.74) is 0. The fraction of sp³-hybridized carbons (Fsp3) is 0.857. The first-order valence-electron chi connectivity index (χ1n) is 7.38. The van der Waals surface area contributed by atoms with E-state index in [9.17, 15) is 0 Å². The largest absolute Gasteiger partial charge is 0.338 e. The number of rotatable bonds is 6. The Labute approximate surface area is 109 Å². The molecule has 0 amide bonds. The van der Waals surface area contributed by atoms with Gasteiger partial charge in [-0.1, -0.05) is 18.5 Å². The molecule has 1 aromatic heterocycles. The van der Waals surface area contributed by atoms with Gasteiger partial charge in [-0.25, -0.2) is 0 Å². The Morgan fingerprint density at radius 3 is 2.78 bits per heavy atom. The van der Waals surface area contributed by atoms with Crippen LogP contribution < -0.4 is 5.32 Å². The smallest absolute Gasteiger partial charge is 0.240 e. The molecule has 1 N–H and O–H groups in total. The third-order valence-corrected chi connectivity index (χ3v) is 4.37. The minimum Gasteiger partial charge on any atom is -0.338 e. The lowest BCUT2D eigenvalue weighted by Gasteiger charge is -2.04. The second kappa shape index (κ2) is 5.39. The highest BCUT2D eigenvalue weighted by Crippen LogP contribution is 2.38. The van der Waals surface area contributed by atoms with E-state index in [0.717, 1.165) is 36.6 Å². The fourth-order valence-corrected chi connectivity index (χ4v) is 2.89. The Morgan fingerprint density at radius 2 is 2.06 bits per heavy atom. The molecule has 2 saturated carbocycles. The summed E-state index contributed by atoms with van der Waals surface area (Å²) in [6.07, 6.45) is 7.83. The third-order valence-electron chi connectivity index (χ3n) is 4.37. The van der Waals surface area contributed by atoms with Crippen LogP contribution in [0.25, 0.3) is 0 Å². The average molecular weight is 249 g/mol.